The minimum Gasteiger partial charge on any atom is -0.463 e. The molecule has 2 rings (SSSR count). The summed E-state index contributed by atoms with van der Waals surface area (Å²) in [6, 6.07) is 8.95. The molecule has 10 nitrogen and oxygen atoms in total. The predicted octanol–water partition coefficient (Wildman–Crippen LogP) is 4.86. The van der Waals surface area contributed by atoms with E-state index in [1.54, 1.807) is 6.08 Å². The summed E-state index contributed by atoms with van der Waals surface area (Å²) < 4.78 is 10.7. The maximum atomic E-state index is 13.3. The van der Waals surface area contributed by atoms with E-state index in [2.05, 4.69) is 29.1 Å². The van der Waals surface area contributed by atoms with Crippen LogP contribution in [0.3, 0.4) is 0 Å². The second-order valence-corrected chi connectivity index (χ2v) is 11.5. The van der Waals surface area contributed by atoms with Crippen LogP contribution in [0.15, 0.2) is 55.6 Å². The molecule has 1 saturated carbocycles. The zero-order valence-corrected chi connectivity index (χ0v) is 26.0. The highest BCUT2D eigenvalue weighted by Gasteiger charge is 2.35. The van der Waals surface area contributed by atoms with E-state index in [4.69, 9.17) is 9.47 Å². The lowest BCUT2D eigenvalue weighted by molar-refractivity contribution is -0.145. The second kappa shape index (κ2) is 21.1. The number of hydrogen-bond acceptors (Lipinski definition) is 7. The molecule has 0 saturated heterocycles. The molecule has 1 aliphatic carbocycles. The Hall–Kier alpha value is -3.66. The van der Waals surface area contributed by atoms with E-state index in [-0.39, 0.29) is 50.4 Å². The molecule has 2 atom stereocenters. The number of carbonyl (C=O) groups excluding carboxylic acids is 4. The fourth-order valence-corrected chi connectivity index (χ4v) is 5.25. The Morgan fingerprint density at radius 3 is 2.41 bits per heavy atom. The first-order valence-electron chi connectivity index (χ1n) is 15.8. The van der Waals surface area contributed by atoms with Crippen LogP contribution in [0, 0.1) is 5.92 Å². The highest BCUT2D eigenvalue weighted by Crippen LogP contribution is 2.29. The van der Waals surface area contributed by atoms with Gasteiger partial charge in [-0.2, -0.15) is 0 Å². The van der Waals surface area contributed by atoms with Crippen LogP contribution in [0.5, 0.6) is 0 Å². The molecule has 0 heterocycles. The third-order valence-corrected chi connectivity index (χ3v) is 7.81. The summed E-state index contributed by atoms with van der Waals surface area (Å²) in [7, 11) is 0. The summed E-state index contributed by atoms with van der Waals surface area (Å²) >= 11 is 0. The zero-order chi connectivity index (χ0) is 32.0. The maximum Gasteiger partial charge on any atom is 0.407 e. The van der Waals surface area contributed by atoms with Crippen molar-refractivity contribution in [1.29, 1.82) is 0 Å². The van der Waals surface area contributed by atoms with Crippen molar-refractivity contribution < 1.29 is 33.8 Å². The number of unbranched alkanes of at least 4 members (excludes halogenated alkanes) is 3. The number of esters is 1. The van der Waals surface area contributed by atoms with E-state index in [1.807, 2.05) is 36.4 Å². The fourth-order valence-electron chi connectivity index (χ4n) is 5.25. The molecule has 1 fully saturated rings. The van der Waals surface area contributed by atoms with E-state index < -0.39 is 23.6 Å². The molecule has 0 bridgehead atoms. The minimum atomic E-state index is -0.650. The molecule has 1 aromatic rings. The molecule has 0 radical (unpaired) electrons. The molecule has 1 aromatic carbocycles. The molecule has 0 unspecified atom stereocenters. The van der Waals surface area contributed by atoms with Crippen molar-refractivity contribution in [2.24, 2.45) is 5.92 Å². The molecule has 10 heteroatoms. The Balaban J connectivity index is 1.87. The lowest BCUT2D eigenvalue weighted by Crippen LogP contribution is -2.50. The smallest absolute Gasteiger partial charge is 0.407 e. The van der Waals surface area contributed by atoms with Crippen molar-refractivity contribution in [3.05, 3.63) is 61.2 Å². The van der Waals surface area contributed by atoms with Crippen molar-refractivity contribution in [1.82, 2.24) is 16.0 Å². The Kier molecular flexibility index (Phi) is 17.5. The zero-order valence-electron chi connectivity index (χ0n) is 26.0. The van der Waals surface area contributed by atoms with E-state index in [0.717, 1.165) is 31.2 Å². The number of benzene rings is 1. The predicted molar refractivity (Wildman–Crippen MR) is 169 cm³/mol. The Morgan fingerprint density at radius 1 is 0.977 bits per heavy atom. The van der Waals surface area contributed by atoms with Crippen LogP contribution in [0.2, 0.25) is 0 Å². The summed E-state index contributed by atoms with van der Waals surface area (Å²) in [6.45, 7) is 7.90. The van der Waals surface area contributed by atoms with Gasteiger partial charge in [-0.1, -0.05) is 55.3 Å². The molecule has 244 valence electrons. The van der Waals surface area contributed by atoms with Gasteiger partial charge in [-0.3, -0.25) is 14.4 Å². The molecule has 0 spiro atoms. The van der Waals surface area contributed by atoms with Crippen molar-refractivity contribution in [2.45, 2.75) is 102 Å². The minimum absolute atomic E-state index is 0.0131. The van der Waals surface area contributed by atoms with E-state index >= 15 is 0 Å². The van der Waals surface area contributed by atoms with Crippen molar-refractivity contribution in [3.63, 3.8) is 0 Å². The first kappa shape index (κ1) is 36.5. The van der Waals surface area contributed by atoms with Gasteiger partial charge >= 0.3 is 12.1 Å². The lowest BCUT2D eigenvalue weighted by Gasteiger charge is -2.29. The summed E-state index contributed by atoms with van der Waals surface area (Å²) in [5.41, 5.74) is 0.284. The van der Waals surface area contributed by atoms with Crippen molar-refractivity contribution >= 4 is 23.9 Å². The SMILES string of the molecule is C=CCCCCC(=O)OC[C@H](CCCCNC(=O)OCc1ccccc1)NC(=O)[C@@H](CC=C)CC(=O)NC1(CO)CCCC1. The van der Waals surface area contributed by atoms with Crippen LogP contribution in [0.4, 0.5) is 4.79 Å². The number of ether oxygens (including phenoxy) is 2. The Bertz CT molecular complexity index is 1040. The van der Waals surface area contributed by atoms with Crippen molar-refractivity contribution in [2.75, 3.05) is 19.8 Å². The average Bonchev–Trinajstić information content (AvgIpc) is 3.49. The molecule has 1 aliphatic rings. The summed E-state index contributed by atoms with van der Waals surface area (Å²) in [5, 5.41) is 18.5. The number of allylic oxidation sites excluding steroid dienone is 2. The average molecular weight is 614 g/mol. The highest BCUT2D eigenvalue weighted by atomic mass is 16.5. The van der Waals surface area contributed by atoms with Gasteiger partial charge < -0.3 is 30.5 Å². The van der Waals surface area contributed by atoms with Gasteiger partial charge in [0.05, 0.1) is 24.1 Å². The molecule has 0 aromatic heterocycles. The van der Waals surface area contributed by atoms with E-state index in [9.17, 15) is 24.3 Å². The Morgan fingerprint density at radius 2 is 1.73 bits per heavy atom. The van der Waals surface area contributed by atoms with Gasteiger partial charge in [0.2, 0.25) is 11.8 Å². The fraction of sp³-hybridized carbons (Fsp3) is 0.588. The van der Waals surface area contributed by atoms with Crippen molar-refractivity contribution in [3.8, 4) is 0 Å². The molecular weight excluding hydrogens is 562 g/mol. The normalized spacial score (nSPS) is 14.9. The second-order valence-electron chi connectivity index (χ2n) is 11.5. The highest BCUT2D eigenvalue weighted by molar-refractivity contribution is 5.86. The maximum absolute atomic E-state index is 13.3. The van der Waals surface area contributed by atoms with Crippen LogP contribution in [-0.2, 0) is 30.5 Å². The first-order chi connectivity index (χ1) is 21.3. The largest absolute Gasteiger partial charge is 0.463 e. The molecule has 4 N–H and O–H groups in total. The van der Waals surface area contributed by atoms with Gasteiger partial charge in [0, 0.05) is 19.4 Å². The molecular formula is C34H51N3O7. The van der Waals surface area contributed by atoms with Crippen LogP contribution in [0.1, 0.15) is 89.0 Å². The van der Waals surface area contributed by atoms with Gasteiger partial charge in [-0.15, -0.1) is 13.2 Å². The number of rotatable bonds is 22. The summed E-state index contributed by atoms with van der Waals surface area (Å²) in [5.74, 6) is -1.58. The third kappa shape index (κ3) is 14.7. The topological polar surface area (TPSA) is 143 Å². The first-order valence-corrected chi connectivity index (χ1v) is 15.8. The molecule has 0 aliphatic heterocycles. The van der Waals surface area contributed by atoms with Gasteiger partial charge in [0.1, 0.15) is 13.2 Å². The number of amides is 3. The number of alkyl carbamates (subject to hydrolysis) is 1. The standard InChI is InChI=1S/C34H51N3O7/c1-3-5-6-10-19-31(40)43-25-29(18-11-14-22-35-33(42)44-24-27-16-8-7-9-17-27)36-32(41)28(15-4-2)23-30(39)37-34(26-38)20-12-13-21-34/h3-4,7-9,16-17,28-29,38H,1-2,5-6,10-15,18-26H2,(H,35,42)(H,36,41)(H,37,39)/t28-,29-/m0/s1. The monoisotopic (exact) mass is 613 g/mol. The number of carbonyl (C=O) groups is 4. The van der Waals surface area contributed by atoms with Crippen LogP contribution in [0.25, 0.3) is 0 Å². The van der Waals surface area contributed by atoms with Gasteiger partial charge in [-0.25, -0.2) is 4.79 Å². The number of nitrogens with one attached hydrogen (secondary N) is 3. The van der Waals surface area contributed by atoms with Crippen LogP contribution in [-0.4, -0.2) is 60.3 Å². The van der Waals surface area contributed by atoms with E-state index in [0.29, 0.717) is 51.5 Å². The molecule has 44 heavy (non-hydrogen) atoms. The number of aliphatic hydroxyl groups is 1. The number of aliphatic hydroxyl groups excluding tert-OH is 1. The molecule has 3 amide bonds. The van der Waals surface area contributed by atoms with Gasteiger partial charge in [-0.05, 0) is 63.4 Å². The lowest BCUT2D eigenvalue weighted by atomic mass is 9.95. The van der Waals surface area contributed by atoms with Gasteiger partial charge in [0.15, 0.2) is 0 Å². The van der Waals surface area contributed by atoms with Gasteiger partial charge in [0.25, 0.3) is 0 Å². The van der Waals surface area contributed by atoms with Crippen LogP contribution < -0.4 is 16.0 Å². The van der Waals surface area contributed by atoms with Crippen LogP contribution >= 0.6 is 0 Å². The summed E-state index contributed by atoms with van der Waals surface area (Å²) in [4.78, 5) is 50.5. The third-order valence-electron chi connectivity index (χ3n) is 7.81. The Labute approximate surface area is 262 Å². The van der Waals surface area contributed by atoms with E-state index in [1.165, 1.54) is 0 Å². The summed E-state index contributed by atoms with van der Waals surface area (Å²) in [6.07, 6.45) is 10.9. The quantitative estimate of drug-likeness (QED) is 0.0831. The number of hydrogen-bond donors (Lipinski definition) is 4.